The number of benzene rings is 1. The summed E-state index contributed by atoms with van der Waals surface area (Å²) in [6, 6.07) is 9.68. The van der Waals surface area contributed by atoms with Gasteiger partial charge in [0.05, 0.1) is 0 Å². The SMILES string of the molecule is C=C(C)/C(=C\[C]1[CH][CH][CH][CH]1)C(C)(O)c1ccccc1.[CH]1[CH][CH][CH][CH]1.[Fe+2]. The number of hydrogen-bond donors (Lipinski definition) is 1. The van der Waals surface area contributed by atoms with Crippen LogP contribution in [0.15, 0.2) is 54.1 Å². The van der Waals surface area contributed by atoms with Crippen LogP contribution >= 0.6 is 0 Å². The van der Waals surface area contributed by atoms with Crippen molar-refractivity contribution in [3.63, 3.8) is 0 Å². The first kappa shape index (κ1) is 22.2. The minimum atomic E-state index is -1.04. The smallest absolute Gasteiger partial charge is 0.381 e. The molecule has 0 heterocycles. The van der Waals surface area contributed by atoms with Gasteiger partial charge >= 0.3 is 17.1 Å². The van der Waals surface area contributed by atoms with Crippen LogP contribution in [0.5, 0.6) is 0 Å². The molecule has 1 aromatic rings. The van der Waals surface area contributed by atoms with Crippen LogP contribution in [0.3, 0.4) is 0 Å². The van der Waals surface area contributed by atoms with Crippen LogP contribution in [0.4, 0.5) is 0 Å². The van der Waals surface area contributed by atoms with E-state index in [2.05, 4.69) is 6.58 Å². The van der Waals surface area contributed by atoms with Gasteiger partial charge in [0.2, 0.25) is 0 Å². The van der Waals surface area contributed by atoms with Gasteiger partial charge in [-0.15, -0.1) is 0 Å². The van der Waals surface area contributed by atoms with Gasteiger partial charge in [-0.1, -0.05) is 48.6 Å². The summed E-state index contributed by atoms with van der Waals surface area (Å²) in [5.41, 5.74) is 1.54. The second kappa shape index (κ2) is 11.0. The molecule has 1 aromatic carbocycles. The maximum absolute atomic E-state index is 10.9. The van der Waals surface area contributed by atoms with Crippen molar-refractivity contribution in [2.45, 2.75) is 19.4 Å². The van der Waals surface area contributed by atoms with E-state index in [0.717, 1.165) is 22.6 Å². The van der Waals surface area contributed by atoms with Gasteiger partial charge in [0.15, 0.2) is 0 Å². The molecule has 0 bridgehead atoms. The maximum Gasteiger partial charge on any atom is 2.00 e. The Hall–Kier alpha value is -0.821. The summed E-state index contributed by atoms with van der Waals surface area (Å²) in [5.74, 6) is 1.08. The summed E-state index contributed by atoms with van der Waals surface area (Å²) in [6.07, 6.45) is 20.0. The quantitative estimate of drug-likeness (QED) is 0.594. The van der Waals surface area contributed by atoms with Crippen LogP contribution in [-0.2, 0) is 22.7 Å². The Labute approximate surface area is 165 Å². The summed E-state index contributed by atoms with van der Waals surface area (Å²) < 4.78 is 0. The molecule has 128 valence electrons. The fraction of sp³-hybridized carbons (Fsp3) is 0.130. The van der Waals surface area contributed by atoms with E-state index in [0.29, 0.717) is 0 Å². The Morgan fingerprint density at radius 1 is 0.920 bits per heavy atom. The minimum absolute atomic E-state index is 0. The van der Waals surface area contributed by atoms with Gasteiger partial charge in [0.25, 0.3) is 0 Å². The zero-order chi connectivity index (χ0) is 17.4. The van der Waals surface area contributed by atoms with E-state index in [1.54, 1.807) is 0 Å². The van der Waals surface area contributed by atoms with E-state index >= 15 is 0 Å². The standard InChI is InChI=1S/C18H19O.C5H5.Fe/c1-14(2)17(13-15-9-7-8-10-15)18(3,19)16-11-5-4-6-12-16;1-2-4-5-3-1;/h4-13,19H,1H2,2-3H3;1-5H;/q;;+2/b17-13+;;. The minimum Gasteiger partial charge on any atom is -0.381 e. The van der Waals surface area contributed by atoms with Gasteiger partial charge < -0.3 is 5.11 Å². The first-order chi connectivity index (χ1) is 11.5. The predicted octanol–water partition coefficient (Wildman–Crippen LogP) is 4.82. The van der Waals surface area contributed by atoms with Gasteiger partial charge in [-0.05, 0) is 82.8 Å². The van der Waals surface area contributed by atoms with Crippen LogP contribution in [0.1, 0.15) is 19.4 Å². The molecule has 0 amide bonds. The topological polar surface area (TPSA) is 20.2 Å². The first-order valence-electron chi connectivity index (χ1n) is 8.06. The maximum atomic E-state index is 10.9. The molecule has 2 fully saturated rings. The Morgan fingerprint density at radius 2 is 1.40 bits per heavy atom. The Morgan fingerprint density at radius 3 is 1.84 bits per heavy atom. The molecule has 2 heteroatoms. The molecule has 2 aliphatic rings. The van der Waals surface area contributed by atoms with E-state index in [-0.39, 0.29) is 17.1 Å². The molecule has 2 aliphatic carbocycles. The summed E-state index contributed by atoms with van der Waals surface area (Å²) in [6.45, 7) is 7.73. The van der Waals surface area contributed by atoms with E-state index in [1.807, 2.05) is 108 Å². The van der Waals surface area contributed by atoms with Crippen molar-refractivity contribution in [1.82, 2.24) is 0 Å². The zero-order valence-electron chi connectivity index (χ0n) is 14.7. The normalized spacial score (nSPS) is 20.2. The molecule has 1 N–H and O–H groups in total. The van der Waals surface area contributed by atoms with Crippen molar-refractivity contribution in [2.75, 3.05) is 0 Å². The van der Waals surface area contributed by atoms with Crippen molar-refractivity contribution in [3.05, 3.63) is 123 Å². The summed E-state index contributed by atoms with van der Waals surface area (Å²) in [7, 11) is 0. The number of allylic oxidation sites excluding steroid dienone is 1. The Bertz CT molecular complexity index is 527. The van der Waals surface area contributed by atoms with E-state index in [9.17, 15) is 5.11 Å². The van der Waals surface area contributed by atoms with Crippen LogP contribution in [0, 0.1) is 63.7 Å². The fourth-order valence-electron chi connectivity index (χ4n) is 2.57. The van der Waals surface area contributed by atoms with Crippen molar-refractivity contribution in [3.8, 4) is 0 Å². The number of hydrogen-bond acceptors (Lipinski definition) is 1. The van der Waals surface area contributed by atoms with E-state index < -0.39 is 5.60 Å². The monoisotopic (exact) mass is 372 g/mol. The second-order valence-corrected chi connectivity index (χ2v) is 5.96. The van der Waals surface area contributed by atoms with Gasteiger partial charge in [-0.25, -0.2) is 0 Å². The van der Waals surface area contributed by atoms with Gasteiger partial charge in [-0.2, -0.15) is 0 Å². The molecular formula is C23H24FeO+2. The van der Waals surface area contributed by atoms with Crippen LogP contribution in [0.2, 0.25) is 0 Å². The first-order valence-corrected chi connectivity index (χ1v) is 8.06. The fourth-order valence-corrected chi connectivity index (χ4v) is 2.57. The molecular weight excluding hydrogens is 348 g/mol. The zero-order valence-corrected chi connectivity index (χ0v) is 15.8. The predicted molar refractivity (Wildman–Crippen MR) is 101 cm³/mol. The average molecular weight is 372 g/mol. The van der Waals surface area contributed by atoms with Crippen LogP contribution < -0.4 is 0 Å². The van der Waals surface area contributed by atoms with Crippen molar-refractivity contribution in [2.24, 2.45) is 0 Å². The second-order valence-electron chi connectivity index (χ2n) is 5.96. The van der Waals surface area contributed by atoms with Crippen molar-refractivity contribution < 1.29 is 22.2 Å². The van der Waals surface area contributed by atoms with Gasteiger partial charge in [0.1, 0.15) is 5.60 Å². The third kappa shape index (κ3) is 6.77. The molecule has 0 saturated heterocycles. The number of rotatable bonds is 4. The van der Waals surface area contributed by atoms with Crippen molar-refractivity contribution >= 4 is 0 Å². The summed E-state index contributed by atoms with van der Waals surface area (Å²) in [4.78, 5) is 0. The third-order valence-corrected chi connectivity index (χ3v) is 3.88. The molecule has 10 radical (unpaired) electrons. The molecule has 0 aliphatic heterocycles. The third-order valence-electron chi connectivity index (χ3n) is 3.88. The summed E-state index contributed by atoms with van der Waals surface area (Å²) in [5, 5.41) is 10.9. The summed E-state index contributed by atoms with van der Waals surface area (Å²) >= 11 is 0. The Kier molecular flexibility index (Phi) is 9.79. The van der Waals surface area contributed by atoms with Gasteiger partial charge in [0, 0.05) is 5.92 Å². The average Bonchev–Trinajstić information content (AvgIpc) is 3.29. The van der Waals surface area contributed by atoms with Crippen LogP contribution in [0.25, 0.3) is 0 Å². The molecule has 1 atom stereocenters. The van der Waals surface area contributed by atoms with Crippen molar-refractivity contribution in [1.29, 1.82) is 0 Å². The molecule has 0 spiro atoms. The number of aliphatic hydroxyl groups is 1. The Balaban J connectivity index is 0.000000448. The van der Waals surface area contributed by atoms with Gasteiger partial charge in [-0.3, -0.25) is 0 Å². The molecule has 1 unspecified atom stereocenters. The van der Waals surface area contributed by atoms with E-state index in [1.165, 1.54) is 0 Å². The van der Waals surface area contributed by atoms with E-state index in [4.69, 9.17) is 0 Å². The molecule has 1 nitrogen and oxygen atoms in total. The molecule has 3 rings (SSSR count). The molecule has 2 saturated carbocycles. The molecule has 0 aromatic heterocycles. The largest absolute Gasteiger partial charge is 2.00 e. The van der Waals surface area contributed by atoms with Crippen LogP contribution in [-0.4, -0.2) is 5.11 Å². The molecule has 25 heavy (non-hydrogen) atoms.